The highest BCUT2D eigenvalue weighted by molar-refractivity contribution is 6.31. The lowest BCUT2D eigenvalue weighted by Gasteiger charge is -2.30. The molecule has 0 saturated carbocycles. The maximum Gasteiger partial charge on any atom is 0.250 e. The van der Waals surface area contributed by atoms with E-state index in [2.05, 4.69) is 10.6 Å². The first-order valence-corrected chi connectivity index (χ1v) is 10.6. The summed E-state index contributed by atoms with van der Waals surface area (Å²) < 4.78 is 13.3. The van der Waals surface area contributed by atoms with Crippen LogP contribution in [0, 0.1) is 23.6 Å². The first kappa shape index (κ1) is 20.2. The van der Waals surface area contributed by atoms with E-state index in [1.807, 2.05) is 13.8 Å². The number of carbonyl (C=O) groups is 3. The van der Waals surface area contributed by atoms with Crippen LogP contribution in [0.5, 0.6) is 0 Å². The van der Waals surface area contributed by atoms with Gasteiger partial charge in [-0.2, -0.15) is 0 Å². The average molecular weight is 442 g/mol. The highest BCUT2D eigenvalue weighted by Gasteiger charge is 2.70. The van der Waals surface area contributed by atoms with Crippen molar-refractivity contribution in [1.29, 1.82) is 0 Å². The number of amides is 3. The van der Waals surface area contributed by atoms with Crippen LogP contribution in [0.25, 0.3) is 0 Å². The van der Waals surface area contributed by atoms with Crippen molar-refractivity contribution in [3.63, 3.8) is 0 Å². The molecule has 0 radical (unpaired) electrons. The number of likely N-dealkylation sites (tertiary alicyclic amines) is 1. The topological polar surface area (TPSA) is 78.5 Å². The number of rotatable bonds is 3. The molecule has 2 fully saturated rings. The number of hydrogen-bond acceptors (Lipinski definition) is 4. The Kier molecular flexibility index (Phi) is 4.46. The molecule has 6 nitrogen and oxygen atoms in total. The van der Waals surface area contributed by atoms with Crippen molar-refractivity contribution in [2.24, 2.45) is 17.8 Å². The number of hydrogen-bond donors (Lipinski definition) is 2. The normalized spacial score (nSPS) is 29.1. The summed E-state index contributed by atoms with van der Waals surface area (Å²) in [6.07, 6.45) is 0. The highest BCUT2D eigenvalue weighted by Crippen LogP contribution is 2.54. The quantitative estimate of drug-likeness (QED) is 0.717. The van der Waals surface area contributed by atoms with Gasteiger partial charge in [-0.05, 0) is 41.8 Å². The van der Waals surface area contributed by atoms with Gasteiger partial charge < -0.3 is 5.32 Å². The molecule has 5 rings (SSSR count). The highest BCUT2D eigenvalue weighted by atomic mass is 35.5. The Morgan fingerprint density at radius 2 is 1.81 bits per heavy atom. The van der Waals surface area contributed by atoms with Crippen LogP contribution in [0.1, 0.15) is 25.0 Å². The van der Waals surface area contributed by atoms with Crippen LogP contribution in [0.2, 0.25) is 5.02 Å². The SMILES string of the molecule is CC(C)C1NC2(C(=O)Nc3ccc(Cl)cc32)[C@H]2C(=O)N(Cc3ccc(F)cc3)C(=O)[C@@H]12. The summed E-state index contributed by atoms with van der Waals surface area (Å²) in [6.45, 7) is 3.95. The molecule has 31 heavy (non-hydrogen) atoms. The van der Waals surface area contributed by atoms with Gasteiger partial charge in [-0.3, -0.25) is 24.6 Å². The molecular formula is C23H21ClFN3O3. The van der Waals surface area contributed by atoms with E-state index in [-0.39, 0.29) is 36.1 Å². The minimum absolute atomic E-state index is 0.00503. The Balaban J connectivity index is 1.61. The van der Waals surface area contributed by atoms with Crippen molar-refractivity contribution in [3.05, 3.63) is 64.4 Å². The van der Waals surface area contributed by atoms with Crippen molar-refractivity contribution >= 4 is 35.0 Å². The minimum Gasteiger partial charge on any atom is -0.324 e. The largest absolute Gasteiger partial charge is 0.324 e. The predicted molar refractivity (Wildman–Crippen MR) is 112 cm³/mol. The van der Waals surface area contributed by atoms with Crippen molar-refractivity contribution in [2.45, 2.75) is 32.0 Å². The third-order valence-electron chi connectivity index (χ3n) is 6.68. The van der Waals surface area contributed by atoms with Crippen molar-refractivity contribution in [1.82, 2.24) is 10.2 Å². The maximum absolute atomic E-state index is 13.6. The van der Waals surface area contributed by atoms with Crippen LogP contribution in [0.3, 0.4) is 0 Å². The van der Waals surface area contributed by atoms with Gasteiger partial charge in [0.05, 0.1) is 18.4 Å². The van der Waals surface area contributed by atoms with E-state index in [0.717, 1.165) is 0 Å². The Hall–Kier alpha value is -2.77. The van der Waals surface area contributed by atoms with E-state index in [1.165, 1.54) is 17.0 Å². The van der Waals surface area contributed by atoms with Gasteiger partial charge in [0.2, 0.25) is 17.7 Å². The summed E-state index contributed by atoms with van der Waals surface area (Å²) >= 11 is 6.23. The van der Waals surface area contributed by atoms with E-state index in [4.69, 9.17) is 11.6 Å². The van der Waals surface area contributed by atoms with E-state index < -0.39 is 23.3 Å². The lowest BCUT2D eigenvalue weighted by molar-refractivity contribution is -0.143. The number of fused-ring (bicyclic) bond motifs is 4. The van der Waals surface area contributed by atoms with Gasteiger partial charge in [-0.15, -0.1) is 0 Å². The Labute approximate surface area is 183 Å². The lowest BCUT2D eigenvalue weighted by atomic mass is 9.76. The maximum atomic E-state index is 13.6. The molecule has 2 aromatic carbocycles. The van der Waals surface area contributed by atoms with Crippen LogP contribution in [-0.2, 0) is 26.5 Å². The van der Waals surface area contributed by atoms with Crippen molar-refractivity contribution in [3.8, 4) is 0 Å². The predicted octanol–water partition coefficient (Wildman–Crippen LogP) is 3.06. The lowest BCUT2D eigenvalue weighted by Crippen LogP contribution is -2.53. The molecule has 3 aliphatic rings. The number of nitrogens with zero attached hydrogens (tertiary/aromatic N) is 1. The van der Waals surface area contributed by atoms with Gasteiger partial charge in [0.25, 0.3) is 0 Å². The van der Waals surface area contributed by atoms with E-state index in [9.17, 15) is 18.8 Å². The molecule has 3 heterocycles. The first-order chi connectivity index (χ1) is 14.7. The second kappa shape index (κ2) is 6.87. The molecule has 2 unspecified atom stereocenters. The third kappa shape index (κ3) is 2.76. The van der Waals surface area contributed by atoms with Crippen molar-refractivity contribution < 1.29 is 18.8 Å². The molecule has 0 aliphatic carbocycles. The fraction of sp³-hybridized carbons (Fsp3) is 0.348. The molecule has 0 bridgehead atoms. The van der Waals surface area contributed by atoms with Crippen LogP contribution < -0.4 is 10.6 Å². The molecule has 1 spiro atoms. The molecular weight excluding hydrogens is 421 g/mol. The molecule has 0 aromatic heterocycles. The number of anilines is 1. The van der Waals surface area contributed by atoms with E-state index >= 15 is 0 Å². The Morgan fingerprint density at radius 1 is 1.10 bits per heavy atom. The number of benzene rings is 2. The molecule has 8 heteroatoms. The standard InChI is InChI=1S/C23H21ClFN3O3/c1-11(2)19-17-18(21(30)28(20(17)29)10-12-3-6-14(25)7-4-12)23(27-19)15-9-13(24)5-8-16(15)26-22(23)31/h3-9,11,17-19,27H,10H2,1-2H3,(H,26,31)/t17-,18-,19?,23?/m1/s1. The number of carbonyl (C=O) groups excluding carboxylic acids is 3. The van der Waals surface area contributed by atoms with E-state index in [1.54, 1.807) is 30.3 Å². The summed E-state index contributed by atoms with van der Waals surface area (Å²) in [6, 6.07) is 10.4. The molecule has 2 aromatic rings. The van der Waals surface area contributed by atoms with E-state index in [0.29, 0.717) is 21.8 Å². The summed E-state index contributed by atoms with van der Waals surface area (Å²) in [4.78, 5) is 41.6. The number of halogens is 2. The minimum atomic E-state index is -1.36. The van der Waals surface area contributed by atoms with Gasteiger partial charge in [-0.25, -0.2) is 4.39 Å². The van der Waals surface area contributed by atoms with Gasteiger partial charge in [0.1, 0.15) is 11.4 Å². The van der Waals surface area contributed by atoms with Crippen LogP contribution in [-0.4, -0.2) is 28.7 Å². The summed E-state index contributed by atoms with van der Waals surface area (Å²) in [5.74, 6) is -3.02. The number of nitrogens with one attached hydrogen (secondary N) is 2. The van der Waals surface area contributed by atoms with Gasteiger partial charge in [0.15, 0.2) is 0 Å². The third-order valence-corrected chi connectivity index (χ3v) is 6.91. The average Bonchev–Trinajstić information content (AvgIpc) is 3.31. The van der Waals surface area contributed by atoms with Gasteiger partial charge >= 0.3 is 0 Å². The summed E-state index contributed by atoms with van der Waals surface area (Å²) in [5, 5.41) is 6.66. The Bertz CT molecular complexity index is 1120. The summed E-state index contributed by atoms with van der Waals surface area (Å²) in [5.41, 5.74) is 0.463. The summed E-state index contributed by atoms with van der Waals surface area (Å²) in [7, 11) is 0. The second-order valence-corrected chi connectivity index (χ2v) is 9.20. The first-order valence-electron chi connectivity index (χ1n) is 10.2. The van der Waals surface area contributed by atoms with Gasteiger partial charge in [-0.1, -0.05) is 37.6 Å². The second-order valence-electron chi connectivity index (χ2n) is 8.76. The van der Waals surface area contributed by atoms with Crippen LogP contribution in [0.4, 0.5) is 10.1 Å². The smallest absolute Gasteiger partial charge is 0.250 e. The zero-order valence-electron chi connectivity index (χ0n) is 17.0. The van der Waals surface area contributed by atoms with Gasteiger partial charge in [0, 0.05) is 22.3 Å². The zero-order chi connectivity index (χ0) is 22.1. The molecule has 4 atom stereocenters. The molecule has 2 N–H and O–H groups in total. The molecule has 2 saturated heterocycles. The Morgan fingerprint density at radius 3 is 2.48 bits per heavy atom. The van der Waals surface area contributed by atoms with Crippen LogP contribution >= 0.6 is 11.6 Å². The van der Waals surface area contributed by atoms with Crippen LogP contribution in [0.15, 0.2) is 42.5 Å². The fourth-order valence-corrected chi connectivity index (χ4v) is 5.44. The molecule has 160 valence electrons. The fourth-order valence-electron chi connectivity index (χ4n) is 5.27. The molecule has 3 aliphatic heterocycles. The number of imide groups is 1. The van der Waals surface area contributed by atoms with Crippen molar-refractivity contribution in [2.75, 3.05) is 5.32 Å². The monoisotopic (exact) mass is 441 g/mol. The molecule has 3 amide bonds. The zero-order valence-corrected chi connectivity index (χ0v) is 17.7.